The molecule has 0 aromatic carbocycles. The van der Waals surface area contributed by atoms with Gasteiger partial charge in [0.2, 0.25) is 0 Å². The summed E-state index contributed by atoms with van der Waals surface area (Å²) in [5.74, 6) is -0.940. The molecule has 0 aromatic heterocycles. The van der Waals surface area contributed by atoms with Gasteiger partial charge in [-0.05, 0) is 45.4 Å². The van der Waals surface area contributed by atoms with Crippen LogP contribution in [-0.4, -0.2) is 17.2 Å². The smallest absolute Gasteiger partial charge is 0.550 e. The topological polar surface area (TPSA) is 60.4 Å². The molecule has 1 unspecified atom stereocenters. The summed E-state index contributed by atoms with van der Waals surface area (Å²) in [6.45, 7) is 1.80. The first-order chi connectivity index (χ1) is 10.1. The molecule has 0 spiro atoms. The molecular weight excluding hydrogens is 303 g/mol. The molecule has 0 aliphatic carbocycles. The van der Waals surface area contributed by atoms with E-state index in [0.29, 0.717) is 0 Å². The van der Waals surface area contributed by atoms with Crippen molar-refractivity contribution in [3.63, 3.8) is 0 Å². The van der Waals surface area contributed by atoms with Gasteiger partial charge in [0.25, 0.3) is 0 Å². The van der Waals surface area contributed by atoms with Crippen molar-refractivity contribution in [2.75, 3.05) is 0 Å². The molecule has 120 valence electrons. The van der Waals surface area contributed by atoms with Crippen molar-refractivity contribution < 1.29 is 66.4 Å². The van der Waals surface area contributed by atoms with E-state index in [9.17, 15) is 9.90 Å². The number of carboxylic acid groups (broad SMARTS) is 1. The van der Waals surface area contributed by atoms with E-state index in [1.807, 2.05) is 18.2 Å². The number of unbranched alkanes of at least 4 members (excludes halogenated alkanes) is 5. The predicted molar refractivity (Wildman–Crippen MR) is 85.7 cm³/mol. The first-order valence-electron chi connectivity index (χ1n) is 7.99. The first-order valence-corrected chi connectivity index (χ1v) is 7.99. The van der Waals surface area contributed by atoms with Gasteiger partial charge in [-0.25, -0.2) is 0 Å². The maximum absolute atomic E-state index is 10.2. The van der Waals surface area contributed by atoms with Crippen LogP contribution in [0.3, 0.4) is 0 Å². The zero-order valence-corrected chi connectivity index (χ0v) is 17.3. The van der Waals surface area contributed by atoms with Crippen LogP contribution in [0.5, 0.6) is 0 Å². The van der Waals surface area contributed by atoms with Crippen LogP contribution in [0, 0.1) is 0 Å². The Hall–Kier alpha value is 0.286. The summed E-state index contributed by atoms with van der Waals surface area (Å²) in [6, 6.07) is 0. The van der Waals surface area contributed by atoms with Crippen LogP contribution in [-0.2, 0) is 4.79 Å². The van der Waals surface area contributed by atoms with Crippen LogP contribution in [0.15, 0.2) is 36.5 Å². The van der Waals surface area contributed by atoms with Crippen molar-refractivity contribution in [1.82, 2.24) is 0 Å². The zero-order chi connectivity index (χ0) is 15.8. The monoisotopic (exact) mass is 332 g/mol. The van der Waals surface area contributed by atoms with E-state index in [1.54, 1.807) is 6.92 Å². The second kappa shape index (κ2) is 19.3. The van der Waals surface area contributed by atoms with E-state index in [-0.39, 0.29) is 63.9 Å². The Balaban J connectivity index is 0. The van der Waals surface area contributed by atoms with Gasteiger partial charge >= 0.3 is 51.4 Å². The van der Waals surface area contributed by atoms with Crippen molar-refractivity contribution in [3.05, 3.63) is 36.5 Å². The summed E-state index contributed by atoms with van der Waals surface area (Å²) < 4.78 is 0. The Labute approximate surface area is 178 Å². The molecule has 0 fully saturated rings. The molecule has 0 bridgehead atoms. The van der Waals surface area contributed by atoms with Gasteiger partial charge < -0.3 is 15.0 Å². The Morgan fingerprint density at radius 2 is 1.50 bits per heavy atom. The third-order valence-electron chi connectivity index (χ3n) is 3.11. The Bertz CT molecular complexity index is 333. The molecule has 0 amide bonds. The number of rotatable bonds is 13. The number of hydrogen-bond donors (Lipinski definition) is 1. The second-order valence-electron chi connectivity index (χ2n) is 5.35. The predicted octanol–water partition coefficient (Wildman–Crippen LogP) is 0.301. The van der Waals surface area contributed by atoms with Crippen LogP contribution in [0.25, 0.3) is 0 Å². The maximum atomic E-state index is 10.2. The van der Waals surface area contributed by atoms with E-state index in [2.05, 4.69) is 18.2 Å². The number of aliphatic hydroxyl groups excluding tert-OH is 1. The number of aliphatic hydroxyl groups is 1. The summed E-state index contributed by atoms with van der Waals surface area (Å²) in [5, 5.41) is 19.3. The van der Waals surface area contributed by atoms with Gasteiger partial charge in [-0.15, -0.1) is 0 Å². The van der Waals surface area contributed by atoms with Gasteiger partial charge in [0.05, 0.1) is 6.10 Å². The van der Waals surface area contributed by atoms with Crippen molar-refractivity contribution in [3.8, 4) is 0 Å². The van der Waals surface area contributed by atoms with Crippen LogP contribution >= 0.6 is 0 Å². The number of carboxylic acids is 1. The minimum absolute atomic E-state index is 0. The molecular formula is C18H29KO3. The molecule has 0 aliphatic rings. The van der Waals surface area contributed by atoms with Crippen LogP contribution in [0.1, 0.15) is 64.7 Å². The summed E-state index contributed by atoms with van der Waals surface area (Å²) in [7, 11) is 0. The molecule has 0 rings (SSSR count). The van der Waals surface area contributed by atoms with Gasteiger partial charge in [0.1, 0.15) is 0 Å². The molecule has 1 atom stereocenters. The average Bonchev–Trinajstić information content (AvgIpc) is 2.42. The number of carbonyl (C=O) groups is 1. The fourth-order valence-corrected chi connectivity index (χ4v) is 1.88. The van der Waals surface area contributed by atoms with E-state index in [4.69, 9.17) is 5.11 Å². The summed E-state index contributed by atoms with van der Waals surface area (Å²) in [4.78, 5) is 10.2. The van der Waals surface area contributed by atoms with Crippen molar-refractivity contribution in [1.29, 1.82) is 0 Å². The maximum Gasteiger partial charge on any atom is 1.00 e. The van der Waals surface area contributed by atoms with Crippen molar-refractivity contribution >= 4 is 5.97 Å². The van der Waals surface area contributed by atoms with Crippen LogP contribution in [0.4, 0.5) is 0 Å². The third-order valence-corrected chi connectivity index (χ3v) is 3.11. The molecule has 0 aromatic rings. The molecule has 0 saturated heterocycles. The van der Waals surface area contributed by atoms with E-state index in [0.717, 1.165) is 51.4 Å². The number of carbonyl (C=O) groups excluding carboxylic acids is 1. The molecule has 0 heterocycles. The number of hydrogen-bond acceptors (Lipinski definition) is 3. The Morgan fingerprint density at radius 3 is 2.09 bits per heavy atom. The largest absolute Gasteiger partial charge is 1.00 e. The van der Waals surface area contributed by atoms with E-state index < -0.39 is 5.97 Å². The number of aliphatic carboxylic acids is 1. The summed E-state index contributed by atoms with van der Waals surface area (Å²) in [5.41, 5.74) is 0. The quantitative estimate of drug-likeness (QED) is 0.300. The first kappa shape index (κ1) is 24.5. The standard InChI is InChI=1S/C18H30O3.K/c1-17(19)15-13-11-9-7-5-3-2-4-6-8-10-12-14-16-18(20)21;/h2-3,5,7,9,11,17,19H,4,6,8,10,12-16H2,1H3,(H,20,21);/q;+1/p-1/b3-2+,7-5+,11-9+;. The third kappa shape index (κ3) is 22.6. The van der Waals surface area contributed by atoms with E-state index in [1.165, 1.54) is 0 Å². The van der Waals surface area contributed by atoms with Gasteiger partial charge in [0, 0.05) is 5.97 Å². The van der Waals surface area contributed by atoms with E-state index >= 15 is 0 Å². The van der Waals surface area contributed by atoms with Crippen LogP contribution < -0.4 is 56.5 Å². The van der Waals surface area contributed by atoms with Gasteiger partial charge in [-0.1, -0.05) is 55.7 Å². The Morgan fingerprint density at radius 1 is 0.955 bits per heavy atom. The molecule has 0 radical (unpaired) electrons. The fraction of sp³-hybridized carbons (Fsp3) is 0.611. The molecule has 0 saturated carbocycles. The molecule has 3 nitrogen and oxygen atoms in total. The molecule has 0 aliphatic heterocycles. The Kier molecular flexibility index (Phi) is 21.6. The van der Waals surface area contributed by atoms with Gasteiger partial charge in [-0.2, -0.15) is 0 Å². The van der Waals surface area contributed by atoms with Crippen LogP contribution in [0.2, 0.25) is 0 Å². The minimum Gasteiger partial charge on any atom is -0.550 e. The summed E-state index contributed by atoms with van der Waals surface area (Å²) >= 11 is 0. The molecule has 4 heteroatoms. The fourth-order valence-electron chi connectivity index (χ4n) is 1.88. The van der Waals surface area contributed by atoms with Crippen molar-refractivity contribution in [2.45, 2.75) is 70.8 Å². The SMILES string of the molecule is CC(O)CC/C=C/C=C/C=C/CCCCCCCC(=O)[O-].[K+]. The van der Waals surface area contributed by atoms with Gasteiger partial charge in [-0.3, -0.25) is 0 Å². The minimum atomic E-state index is -0.940. The van der Waals surface area contributed by atoms with Gasteiger partial charge in [0.15, 0.2) is 0 Å². The number of allylic oxidation sites excluding steroid dienone is 6. The second-order valence-corrected chi connectivity index (χ2v) is 5.35. The molecule has 1 N–H and O–H groups in total. The average molecular weight is 333 g/mol. The normalized spacial score (nSPS) is 13.0. The summed E-state index contributed by atoms with van der Waals surface area (Å²) in [6.07, 6.45) is 20.2. The van der Waals surface area contributed by atoms with Crippen molar-refractivity contribution in [2.24, 2.45) is 0 Å². The zero-order valence-electron chi connectivity index (χ0n) is 14.2. The molecule has 22 heavy (non-hydrogen) atoms.